The molecule has 0 aromatic rings. The van der Waals surface area contributed by atoms with Gasteiger partial charge in [-0.3, -0.25) is 13.8 Å². The summed E-state index contributed by atoms with van der Waals surface area (Å²) in [5.41, 5.74) is 0. The number of carbonyl (C=O) groups excluding carboxylic acids is 1. The number of phosphoric ester groups is 1. The van der Waals surface area contributed by atoms with Crippen molar-refractivity contribution in [2.75, 3.05) is 40.9 Å². The van der Waals surface area contributed by atoms with E-state index < -0.39 is 20.0 Å². The van der Waals surface area contributed by atoms with Gasteiger partial charge in [-0.25, -0.2) is 4.57 Å². The highest BCUT2D eigenvalue weighted by atomic mass is 31.2. The fourth-order valence-electron chi connectivity index (χ4n) is 8.55. The summed E-state index contributed by atoms with van der Waals surface area (Å²) in [6.07, 6.45) is 99.1. The molecule has 0 fully saturated rings. The standard InChI is InChI=1S/C74H123N2O6P/c1-6-8-10-12-14-16-18-20-22-24-26-28-30-32-33-34-35-36-37-38-39-40-41-42-43-44-46-48-50-52-54-56-58-60-62-64-66-68-74(78)75-72(71-82-83(79,80)81-70-69-76(3,4)5)73(77)67-65-63-61-59-57-55-53-51-49-47-45-31-29-27-25-23-21-19-17-15-13-11-9-7-2/h8,10,14,16,20,22,26,28,32-33,35-36,38-39,41-42,44,46,49-52,56-59,65,67,72-73,77H,6-7,9,11-13,15,17-19,21,23-25,27,29-31,34,37,40,43,45,47-48,53-55,60-64,66,68-71H2,1-5H3,(H-,75,78,79,80)/p+1/b10-8-,16-14-,22-20-,28-26-,33-32-,36-35-,39-38-,42-41-,46-44-,51-49+,52-50-,58-56-,59-57+,67-65+. The van der Waals surface area contributed by atoms with E-state index in [-0.39, 0.29) is 19.1 Å². The van der Waals surface area contributed by atoms with Crippen molar-refractivity contribution in [3.05, 3.63) is 170 Å². The van der Waals surface area contributed by atoms with Crippen LogP contribution < -0.4 is 5.32 Å². The van der Waals surface area contributed by atoms with E-state index in [1.54, 1.807) is 6.08 Å². The van der Waals surface area contributed by atoms with Crippen LogP contribution in [-0.4, -0.2) is 73.4 Å². The highest BCUT2D eigenvalue weighted by Gasteiger charge is 2.27. The van der Waals surface area contributed by atoms with Crippen LogP contribution >= 0.6 is 7.82 Å². The first-order valence-corrected chi connectivity index (χ1v) is 34.5. The average molecular weight is 1170 g/mol. The van der Waals surface area contributed by atoms with Crippen LogP contribution in [0.4, 0.5) is 0 Å². The predicted octanol–water partition coefficient (Wildman–Crippen LogP) is 21.2. The Labute approximate surface area is 511 Å². The van der Waals surface area contributed by atoms with Crippen LogP contribution in [0.5, 0.6) is 0 Å². The summed E-state index contributed by atoms with van der Waals surface area (Å²) in [7, 11) is 1.50. The van der Waals surface area contributed by atoms with Crippen LogP contribution in [0.2, 0.25) is 0 Å². The number of aliphatic hydroxyl groups is 1. The fourth-order valence-corrected chi connectivity index (χ4v) is 9.28. The fraction of sp³-hybridized carbons (Fsp3) is 0.608. The summed E-state index contributed by atoms with van der Waals surface area (Å²) in [5, 5.41) is 13.9. The smallest absolute Gasteiger partial charge is 0.387 e. The van der Waals surface area contributed by atoms with Crippen molar-refractivity contribution in [1.29, 1.82) is 0 Å². The highest BCUT2D eigenvalue weighted by Crippen LogP contribution is 2.43. The van der Waals surface area contributed by atoms with Crippen LogP contribution in [0.1, 0.15) is 239 Å². The van der Waals surface area contributed by atoms with Gasteiger partial charge >= 0.3 is 7.82 Å². The van der Waals surface area contributed by atoms with E-state index in [2.05, 4.69) is 177 Å². The summed E-state index contributed by atoms with van der Waals surface area (Å²) in [6, 6.07) is -0.903. The Balaban J connectivity index is 4.33. The minimum atomic E-state index is -4.39. The van der Waals surface area contributed by atoms with Gasteiger partial charge in [-0.05, 0) is 128 Å². The Hall–Kier alpha value is -4.14. The van der Waals surface area contributed by atoms with E-state index in [0.717, 1.165) is 116 Å². The van der Waals surface area contributed by atoms with Gasteiger partial charge in [0.05, 0.1) is 39.9 Å². The first kappa shape index (κ1) is 78.9. The molecule has 3 unspecified atom stereocenters. The van der Waals surface area contributed by atoms with Crippen LogP contribution in [0, 0.1) is 0 Å². The maximum absolute atomic E-state index is 13.0. The summed E-state index contributed by atoms with van der Waals surface area (Å²) >= 11 is 0. The zero-order valence-electron chi connectivity index (χ0n) is 53.6. The molecule has 1 amide bonds. The van der Waals surface area contributed by atoms with Crippen molar-refractivity contribution in [3.8, 4) is 0 Å². The molecule has 0 saturated heterocycles. The first-order valence-electron chi connectivity index (χ1n) is 33.0. The molecule has 0 aromatic carbocycles. The number of likely N-dealkylation sites (N-methyl/N-ethyl adjacent to an activating group) is 1. The Morgan fingerprint density at radius 3 is 1.11 bits per heavy atom. The van der Waals surface area contributed by atoms with Gasteiger partial charge in [-0.2, -0.15) is 0 Å². The molecule has 3 atom stereocenters. The van der Waals surface area contributed by atoms with Crippen LogP contribution in [0.3, 0.4) is 0 Å². The number of carbonyl (C=O) groups is 1. The van der Waals surface area contributed by atoms with Gasteiger partial charge in [0, 0.05) is 6.42 Å². The van der Waals surface area contributed by atoms with E-state index in [0.29, 0.717) is 23.9 Å². The maximum atomic E-state index is 13.0. The monoisotopic (exact) mass is 1170 g/mol. The van der Waals surface area contributed by atoms with Crippen molar-refractivity contribution < 1.29 is 32.9 Å². The molecule has 0 heterocycles. The van der Waals surface area contributed by atoms with Crippen LogP contribution in [0.15, 0.2) is 170 Å². The number of aliphatic hydroxyl groups excluding tert-OH is 1. The van der Waals surface area contributed by atoms with Crippen LogP contribution in [0.25, 0.3) is 0 Å². The minimum Gasteiger partial charge on any atom is -0.387 e. The Bertz CT molecular complexity index is 1960. The van der Waals surface area contributed by atoms with E-state index in [9.17, 15) is 19.4 Å². The number of quaternary nitrogens is 1. The number of hydrogen-bond acceptors (Lipinski definition) is 5. The lowest BCUT2D eigenvalue weighted by molar-refractivity contribution is -0.870. The normalized spacial score (nSPS) is 14.8. The number of allylic oxidation sites excluding steroid dienone is 27. The van der Waals surface area contributed by atoms with Gasteiger partial charge in [-0.1, -0.05) is 274 Å². The second-order valence-corrected chi connectivity index (χ2v) is 24.2. The molecule has 0 rings (SSSR count). The third-order valence-corrected chi connectivity index (χ3v) is 14.6. The number of hydrogen-bond donors (Lipinski definition) is 3. The average Bonchev–Trinajstić information content (AvgIpc) is 3.50. The van der Waals surface area contributed by atoms with Gasteiger partial charge in [-0.15, -0.1) is 0 Å². The van der Waals surface area contributed by atoms with Gasteiger partial charge in [0.15, 0.2) is 0 Å². The first-order chi connectivity index (χ1) is 40.5. The molecule has 83 heavy (non-hydrogen) atoms. The molecule has 0 bridgehead atoms. The van der Waals surface area contributed by atoms with Crippen molar-refractivity contribution in [2.45, 2.75) is 251 Å². The lowest BCUT2D eigenvalue weighted by Gasteiger charge is -2.25. The zero-order chi connectivity index (χ0) is 60.5. The number of phosphoric acid groups is 1. The number of rotatable bonds is 58. The third kappa shape index (κ3) is 65.3. The quantitative estimate of drug-likeness (QED) is 0.0243. The largest absolute Gasteiger partial charge is 0.472 e. The number of nitrogens with one attached hydrogen (secondary N) is 1. The summed E-state index contributed by atoms with van der Waals surface area (Å²) in [5.74, 6) is -0.229. The number of nitrogens with zero attached hydrogens (tertiary/aromatic N) is 1. The lowest BCUT2D eigenvalue weighted by Crippen LogP contribution is -2.45. The molecule has 0 saturated carbocycles. The number of amides is 1. The van der Waals surface area contributed by atoms with E-state index in [1.807, 2.05) is 27.2 Å². The molecule has 0 radical (unpaired) electrons. The summed E-state index contributed by atoms with van der Waals surface area (Å²) in [4.78, 5) is 23.4. The van der Waals surface area contributed by atoms with E-state index in [4.69, 9.17) is 9.05 Å². The van der Waals surface area contributed by atoms with E-state index in [1.165, 1.54) is 96.3 Å². The highest BCUT2D eigenvalue weighted by molar-refractivity contribution is 7.47. The van der Waals surface area contributed by atoms with Gasteiger partial charge in [0.2, 0.25) is 5.91 Å². The van der Waals surface area contributed by atoms with Crippen molar-refractivity contribution >= 4 is 13.7 Å². The topological polar surface area (TPSA) is 105 Å². The molecular formula is C74H124N2O6P+. The zero-order valence-corrected chi connectivity index (χ0v) is 54.5. The molecule has 0 aliphatic carbocycles. The Kier molecular flexibility index (Phi) is 59.3. The molecule has 0 aliphatic heterocycles. The Morgan fingerprint density at radius 1 is 0.422 bits per heavy atom. The molecule has 0 aromatic heterocycles. The second-order valence-electron chi connectivity index (χ2n) is 22.7. The van der Waals surface area contributed by atoms with Crippen molar-refractivity contribution in [1.82, 2.24) is 5.32 Å². The molecular weight excluding hydrogens is 1040 g/mol. The molecule has 0 aliphatic rings. The minimum absolute atomic E-state index is 0.0371. The maximum Gasteiger partial charge on any atom is 0.472 e. The predicted molar refractivity (Wildman–Crippen MR) is 363 cm³/mol. The molecule has 9 heteroatoms. The van der Waals surface area contributed by atoms with Crippen LogP contribution in [-0.2, 0) is 18.4 Å². The lowest BCUT2D eigenvalue weighted by atomic mass is 10.0. The van der Waals surface area contributed by atoms with Gasteiger partial charge in [0.1, 0.15) is 13.2 Å². The Morgan fingerprint density at radius 2 is 0.735 bits per heavy atom. The molecule has 3 N–H and O–H groups in total. The van der Waals surface area contributed by atoms with Gasteiger partial charge < -0.3 is 19.8 Å². The number of unbranched alkanes of at least 4 members (excludes halogenated alkanes) is 19. The summed E-state index contributed by atoms with van der Waals surface area (Å²) < 4.78 is 23.7. The molecule has 470 valence electrons. The SMILES string of the molecule is CC/C=C\C/C=C\C/C=C\C/C=C\C/C=C\C/C=C\C/C=C\C/C=C\C/C=C\C/C=C\C/C=C\CCCCCC(=O)NC(COP(=O)(O)OCC[N+](C)(C)C)C(O)/C=C/CC/C=C/CC/C=C/CCCCCCCCCCCCCCCC. The van der Waals surface area contributed by atoms with Gasteiger partial charge in [0.25, 0.3) is 0 Å². The van der Waals surface area contributed by atoms with E-state index >= 15 is 0 Å². The van der Waals surface area contributed by atoms with Crippen molar-refractivity contribution in [2.24, 2.45) is 0 Å². The third-order valence-electron chi connectivity index (χ3n) is 13.6. The molecule has 0 spiro atoms. The molecule has 8 nitrogen and oxygen atoms in total. The summed E-state index contributed by atoms with van der Waals surface area (Å²) in [6.45, 7) is 4.64. The van der Waals surface area contributed by atoms with Crippen molar-refractivity contribution in [3.63, 3.8) is 0 Å². The second kappa shape index (κ2) is 62.4.